The third kappa shape index (κ3) is 5.82. The minimum atomic E-state index is -1.08. The van der Waals surface area contributed by atoms with E-state index in [9.17, 15) is 14.4 Å². The fraction of sp³-hybridized carbons (Fsp3) is 0.400. The van der Waals surface area contributed by atoms with E-state index in [1.807, 2.05) is 36.5 Å². The lowest BCUT2D eigenvalue weighted by Crippen LogP contribution is -2.42. The largest absolute Gasteiger partial charge is 0.494 e. The molecule has 1 rings (SSSR count). The van der Waals surface area contributed by atoms with E-state index in [4.69, 9.17) is 15.2 Å². The average Bonchev–Trinajstić information content (AvgIpc) is 2.46. The number of hydrogen-bond donors (Lipinski definition) is 2. The highest BCUT2D eigenvalue weighted by molar-refractivity contribution is 5.96. The Morgan fingerprint density at radius 2 is 1.95 bits per heavy atom. The van der Waals surface area contributed by atoms with Crippen molar-refractivity contribution in [3.8, 4) is 5.75 Å². The SMILES string of the molecule is CCOc1ccccc1CCC(=O)O[C@@H](C)C(=O)NC(N)=O. The number of esters is 1. The van der Waals surface area contributed by atoms with Gasteiger partial charge in [0.2, 0.25) is 0 Å². The number of ether oxygens (including phenoxy) is 2. The van der Waals surface area contributed by atoms with E-state index in [0.717, 1.165) is 11.3 Å². The van der Waals surface area contributed by atoms with Gasteiger partial charge >= 0.3 is 12.0 Å². The molecule has 0 heterocycles. The molecule has 0 radical (unpaired) electrons. The molecule has 0 bridgehead atoms. The van der Waals surface area contributed by atoms with E-state index >= 15 is 0 Å². The molecular weight excluding hydrogens is 288 g/mol. The van der Waals surface area contributed by atoms with Gasteiger partial charge in [0.1, 0.15) is 5.75 Å². The highest BCUT2D eigenvalue weighted by Gasteiger charge is 2.19. The molecule has 1 aromatic carbocycles. The molecule has 0 aliphatic heterocycles. The Balaban J connectivity index is 2.49. The second kappa shape index (κ2) is 8.66. The average molecular weight is 308 g/mol. The van der Waals surface area contributed by atoms with Crippen molar-refractivity contribution in [1.29, 1.82) is 0 Å². The summed E-state index contributed by atoms with van der Waals surface area (Å²) in [6.45, 7) is 3.78. The maximum Gasteiger partial charge on any atom is 0.318 e. The second-order valence-electron chi connectivity index (χ2n) is 4.53. The van der Waals surface area contributed by atoms with Gasteiger partial charge in [-0.3, -0.25) is 14.9 Å². The second-order valence-corrected chi connectivity index (χ2v) is 4.53. The molecule has 22 heavy (non-hydrogen) atoms. The number of rotatable bonds is 7. The third-order valence-electron chi connectivity index (χ3n) is 2.79. The van der Waals surface area contributed by atoms with Gasteiger partial charge in [-0.05, 0) is 31.9 Å². The topological polar surface area (TPSA) is 108 Å². The van der Waals surface area contributed by atoms with Crippen molar-refractivity contribution < 1.29 is 23.9 Å². The van der Waals surface area contributed by atoms with Crippen molar-refractivity contribution in [2.75, 3.05) is 6.61 Å². The molecule has 120 valence electrons. The van der Waals surface area contributed by atoms with Gasteiger partial charge in [-0.1, -0.05) is 18.2 Å². The van der Waals surface area contributed by atoms with Gasteiger partial charge in [0.25, 0.3) is 5.91 Å². The molecule has 0 saturated carbocycles. The third-order valence-corrected chi connectivity index (χ3v) is 2.79. The first-order valence-corrected chi connectivity index (χ1v) is 6.94. The van der Waals surface area contributed by atoms with E-state index in [2.05, 4.69) is 0 Å². The lowest BCUT2D eigenvalue weighted by atomic mass is 10.1. The number of carbonyl (C=O) groups excluding carboxylic acids is 3. The molecule has 0 unspecified atom stereocenters. The molecule has 0 spiro atoms. The van der Waals surface area contributed by atoms with Crippen LogP contribution in [0.15, 0.2) is 24.3 Å². The quantitative estimate of drug-likeness (QED) is 0.734. The Morgan fingerprint density at radius 1 is 1.27 bits per heavy atom. The molecule has 0 fully saturated rings. The zero-order chi connectivity index (χ0) is 16.5. The summed E-state index contributed by atoms with van der Waals surface area (Å²) < 4.78 is 10.4. The highest BCUT2D eigenvalue weighted by atomic mass is 16.5. The lowest BCUT2D eigenvalue weighted by molar-refractivity contribution is -0.154. The van der Waals surface area contributed by atoms with Crippen molar-refractivity contribution in [3.63, 3.8) is 0 Å². The molecule has 1 aromatic rings. The summed E-state index contributed by atoms with van der Waals surface area (Å²) in [6, 6.07) is 6.41. The van der Waals surface area contributed by atoms with Crippen molar-refractivity contribution in [3.05, 3.63) is 29.8 Å². The fourth-order valence-electron chi connectivity index (χ4n) is 1.78. The van der Waals surface area contributed by atoms with E-state index in [-0.39, 0.29) is 6.42 Å². The van der Waals surface area contributed by atoms with Crippen LogP contribution in [0.25, 0.3) is 0 Å². The smallest absolute Gasteiger partial charge is 0.318 e. The first-order valence-electron chi connectivity index (χ1n) is 6.94. The zero-order valence-corrected chi connectivity index (χ0v) is 12.6. The molecule has 7 heteroatoms. The summed E-state index contributed by atoms with van der Waals surface area (Å²) >= 11 is 0. The van der Waals surface area contributed by atoms with Gasteiger partial charge in [0.15, 0.2) is 6.10 Å². The summed E-state index contributed by atoms with van der Waals surface area (Å²) in [5.41, 5.74) is 5.70. The Morgan fingerprint density at radius 3 is 2.59 bits per heavy atom. The Kier molecular flexibility index (Phi) is 6.88. The van der Waals surface area contributed by atoms with Crippen LogP contribution in [0.3, 0.4) is 0 Å². The summed E-state index contributed by atoms with van der Waals surface area (Å²) in [7, 11) is 0. The zero-order valence-electron chi connectivity index (χ0n) is 12.6. The molecule has 1 atom stereocenters. The minimum absolute atomic E-state index is 0.0955. The summed E-state index contributed by atoms with van der Waals surface area (Å²) in [5.74, 6) is -0.577. The predicted molar refractivity (Wildman–Crippen MR) is 79.2 cm³/mol. The van der Waals surface area contributed by atoms with Crippen LogP contribution in [0, 0.1) is 0 Å². The maximum atomic E-state index is 11.7. The first kappa shape index (κ1) is 17.5. The van der Waals surface area contributed by atoms with E-state index in [1.54, 1.807) is 0 Å². The van der Waals surface area contributed by atoms with Gasteiger partial charge in [0.05, 0.1) is 6.61 Å². The van der Waals surface area contributed by atoms with E-state index in [1.165, 1.54) is 6.92 Å². The van der Waals surface area contributed by atoms with Crippen LogP contribution in [-0.4, -0.2) is 30.6 Å². The molecule has 0 saturated heterocycles. The maximum absolute atomic E-state index is 11.7. The molecule has 0 aliphatic rings. The van der Waals surface area contributed by atoms with Crippen LogP contribution in [-0.2, 0) is 20.7 Å². The first-order chi connectivity index (χ1) is 10.4. The number of carbonyl (C=O) groups is 3. The van der Waals surface area contributed by atoms with Crippen molar-refractivity contribution >= 4 is 17.9 Å². The minimum Gasteiger partial charge on any atom is -0.494 e. The van der Waals surface area contributed by atoms with Crippen LogP contribution in [0.5, 0.6) is 5.75 Å². The van der Waals surface area contributed by atoms with Crippen LogP contribution in [0.1, 0.15) is 25.8 Å². The summed E-state index contributed by atoms with van der Waals surface area (Å²) in [6.07, 6.45) is -0.556. The standard InChI is InChI=1S/C15H20N2O5/c1-3-21-12-7-5-4-6-11(12)8-9-13(18)22-10(2)14(19)17-15(16)20/h4-7,10H,3,8-9H2,1-2H3,(H3,16,17,19,20)/t10-/m0/s1. The number of primary amides is 1. The molecule has 3 amide bonds. The lowest BCUT2D eigenvalue weighted by Gasteiger charge is -2.13. The van der Waals surface area contributed by atoms with Crippen LogP contribution < -0.4 is 15.8 Å². The van der Waals surface area contributed by atoms with Gasteiger partial charge in [0, 0.05) is 6.42 Å². The number of amides is 3. The number of hydrogen-bond acceptors (Lipinski definition) is 5. The van der Waals surface area contributed by atoms with Crippen molar-refractivity contribution in [2.24, 2.45) is 5.73 Å². The molecule has 3 N–H and O–H groups in total. The Labute approximate surface area is 128 Å². The number of aryl methyl sites for hydroxylation is 1. The van der Waals surface area contributed by atoms with Crippen molar-refractivity contribution in [1.82, 2.24) is 5.32 Å². The fourth-order valence-corrected chi connectivity index (χ4v) is 1.78. The van der Waals surface area contributed by atoms with Crippen LogP contribution in [0.4, 0.5) is 4.79 Å². The summed E-state index contributed by atoms with van der Waals surface area (Å²) in [5, 5.41) is 1.85. The Bertz CT molecular complexity index is 544. The monoisotopic (exact) mass is 308 g/mol. The summed E-state index contributed by atoms with van der Waals surface area (Å²) in [4.78, 5) is 33.7. The predicted octanol–water partition coefficient (Wildman–Crippen LogP) is 1.14. The number of nitrogens with two attached hydrogens (primary N) is 1. The number of imide groups is 1. The van der Waals surface area contributed by atoms with E-state index in [0.29, 0.717) is 13.0 Å². The number of nitrogens with one attached hydrogen (secondary N) is 1. The normalized spacial score (nSPS) is 11.4. The van der Waals surface area contributed by atoms with Crippen LogP contribution in [0.2, 0.25) is 0 Å². The van der Waals surface area contributed by atoms with Gasteiger partial charge < -0.3 is 15.2 Å². The number of urea groups is 1. The van der Waals surface area contributed by atoms with Gasteiger partial charge in [-0.25, -0.2) is 4.79 Å². The Hall–Kier alpha value is -2.57. The molecular formula is C15H20N2O5. The number of para-hydroxylation sites is 1. The van der Waals surface area contributed by atoms with Gasteiger partial charge in [-0.15, -0.1) is 0 Å². The number of benzene rings is 1. The van der Waals surface area contributed by atoms with E-state index < -0.39 is 24.0 Å². The molecule has 0 aromatic heterocycles. The molecule has 0 aliphatic carbocycles. The van der Waals surface area contributed by atoms with Crippen molar-refractivity contribution in [2.45, 2.75) is 32.8 Å². The van der Waals surface area contributed by atoms with Crippen LogP contribution >= 0.6 is 0 Å². The molecule has 7 nitrogen and oxygen atoms in total. The highest BCUT2D eigenvalue weighted by Crippen LogP contribution is 2.19. The van der Waals surface area contributed by atoms with Gasteiger partial charge in [-0.2, -0.15) is 0 Å².